The monoisotopic (exact) mass is 330 g/mol. The highest BCUT2D eigenvalue weighted by Gasteiger charge is 2.19. The summed E-state index contributed by atoms with van der Waals surface area (Å²) in [5.41, 5.74) is 4.18. The number of aromatic nitrogens is 2. The minimum atomic E-state index is 0.261. The summed E-state index contributed by atoms with van der Waals surface area (Å²) >= 11 is 1.64. The van der Waals surface area contributed by atoms with Crippen molar-refractivity contribution in [2.24, 2.45) is 0 Å². The zero-order valence-electron chi connectivity index (χ0n) is 13.2. The lowest BCUT2D eigenvalue weighted by Crippen LogP contribution is -2.35. The van der Waals surface area contributed by atoms with Crippen molar-refractivity contribution in [3.05, 3.63) is 46.7 Å². The lowest BCUT2D eigenvalue weighted by atomic mass is 10.1. The molecule has 0 radical (unpaired) electrons. The number of carbonyl (C=O) groups is 1. The molecule has 122 valence electrons. The van der Waals surface area contributed by atoms with Crippen LogP contribution < -0.4 is 0 Å². The summed E-state index contributed by atoms with van der Waals surface area (Å²) in [6, 6.07) is 3.95. The number of hydrogen-bond acceptors (Lipinski definition) is 5. The van der Waals surface area contributed by atoms with Gasteiger partial charge in [0.1, 0.15) is 0 Å². The third-order valence-corrected chi connectivity index (χ3v) is 4.82. The topological polar surface area (TPSA) is 49.3 Å². The van der Waals surface area contributed by atoms with Gasteiger partial charge in [-0.05, 0) is 30.5 Å². The van der Waals surface area contributed by atoms with Gasteiger partial charge in [-0.2, -0.15) is 0 Å². The number of aryl methyl sites for hydroxylation is 1. The molecule has 0 saturated carbocycles. The van der Waals surface area contributed by atoms with Crippen molar-refractivity contribution in [1.82, 2.24) is 19.8 Å². The highest BCUT2D eigenvalue weighted by atomic mass is 32.1. The molecule has 0 aliphatic carbocycles. The second-order valence-corrected chi connectivity index (χ2v) is 6.56. The highest BCUT2D eigenvalue weighted by molar-refractivity contribution is 7.07. The van der Waals surface area contributed by atoms with Gasteiger partial charge >= 0.3 is 0 Å². The first-order chi connectivity index (χ1) is 11.3. The summed E-state index contributed by atoms with van der Waals surface area (Å²) in [5, 5.41) is 2.10. The van der Waals surface area contributed by atoms with Crippen LogP contribution in [0.5, 0.6) is 0 Å². The molecular weight excluding hydrogens is 308 g/mol. The Bertz CT molecular complexity index is 602. The first-order valence-electron chi connectivity index (χ1n) is 8.07. The lowest BCUT2D eigenvalue weighted by molar-refractivity contribution is -0.131. The van der Waals surface area contributed by atoms with Gasteiger partial charge in [-0.3, -0.25) is 14.7 Å². The molecule has 1 aliphatic heterocycles. The lowest BCUT2D eigenvalue weighted by Gasteiger charge is -2.21. The Morgan fingerprint density at radius 1 is 1.17 bits per heavy atom. The van der Waals surface area contributed by atoms with Crippen LogP contribution in [0.3, 0.4) is 0 Å². The second-order valence-electron chi connectivity index (χ2n) is 5.85. The van der Waals surface area contributed by atoms with E-state index in [9.17, 15) is 4.79 Å². The van der Waals surface area contributed by atoms with Crippen molar-refractivity contribution in [1.29, 1.82) is 0 Å². The van der Waals surface area contributed by atoms with E-state index < -0.39 is 0 Å². The molecule has 1 saturated heterocycles. The predicted octanol–water partition coefficient (Wildman–Crippen LogP) is 2.21. The molecule has 1 amide bonds. The third kappa shape index (κ3) is 4.84. The van der Waals surface area contributed by atoms with Crippen LogP contribution in [0, 0.1) is 0 Å². The fourth-order valence-electron chi connectivity index (χ4n) is 2.88. The first-order valence-corrected chi connectivity index (χ1v) is 9.01. The molecule has 5 nitrogen and oxygen atoms in total. The van der Waals surface area contributed by atoms with E-state index in [0.717, 1.165) is 51.3 Å². The number of amides is 1. The van der Waals surface area contributed by atoms with Crippen molar-refractivity contribution < 1.29 is 4.79 Å². The van der Waals surface area contributed by atoms with Crippen LogP contribution in [0.25, 0.3) is 0 Å². The van der Waals surface area contributed by atoms with Crippen molar-refractivity contribution >= 4 is 17.2 Å². The minimum Gasteiger partial charge on any atom is -0.341 e. The average molecular weight is 330 g/mol. The van der Waals surface area contributed by atoms with E-state index in [4.69, 9.17) is 0 Å². The van der Waals surface area contributed by atoms with Gasteiger partial charge in [0, 0.05) is 56.9 Å². The fourth-order valence-corrected chi connectivity index (χ4v) is 3.43. The zero-order valence-corrected chi connectivity index (χ0v) is 14.0. The van der Waals surface area contributed by atoms with Crippen molar-refractivity contribution in [3.63, 3.8) is 0 Å². The Hall–Kier alpha value is -1.79. The van der Waals surface area contributed by atoms with Crippen LogP contribution in [0.15, 0.2) is 35.4 Å². The maximum absolute atomic E-state index is 12.4. The van der Waals surface area contributed by atoms with Gasteiger partial charge in [0.15, 0.2) is 0 Å². The van der Waals surface area contributed by atoms with Gasteiger partial charge in [-0.1, -0.05) is 0 Å². The van der Waals surface area contributed by atoms with Gasteiger partial charge < -0.3 is 4.90 Å². The SMILES string of the molecule is O=C(CCc1ccncc1)N1CCCN(Cc2cscn2)CC1. The molecule has 2 aromatic heterocycles. The first kappa shape index (κ1) is 16.1. The molecule has 1 aliphatic rings. The molecule has 0 N–H and O–H groups in total. The summed E-state index contributed by atoms with van der Waals surface area (Å²) in [5.74, 6) is 0.261. The number of thiazole rings is 1. The average Bonchev–Trinajstić information content (AvgIpc) is 2.98. The standard InChI is InChI=1S/C17H22N4OS/c22-17(3-2-15-4-6-18-7-5-15)21-9-1-8-20(10-11-21)12-16-13-23-14-19-16/h4-7,13-14H,1-3,8-12H2. The maximum Gasteiger partial charge on any atom is 0.222 e. The molecule has 3 heterocycles. The molecule has 2 aromatic rings. The fraction of sp³-hybridized carbons (Fsp3) is 0.471. The Morgan fingerprint density at radius 3 is 2.83 bits per heavy atom. The normalized spacial score (nSPS) is 16.3. The van der Waals surface area contributed by atoms with Crippen LogP contribution in [-0.2, 0) is 17.8 Å². The van der Waals surface area contributed by atoms with E-state index in [-0.39, 0.29) is 5.91 Å². The van der Waals surface area contributed by atoms with Gasteiger partial charge in [0.25, 0.3) is 0 Å². The van der Waals surface area contributed by atoms with Crippen LogP contribution in [0.1, 0.15) is 24.1 Å². The van der Waals surface area contributed by atoms with E-state index >= 15 is 0 Å². The van der Waals surface area contributed by atoms with Gasteiger partial charge in [0.2, 0.25) is 5.91 Å². The Morgan fingerprint density at radius 2 is 2.04 bits per heavy atom. The molecule has 23 heavy (non-hydrogen) atoms. The highest BCUT2D eigenvalue weighted by Crippen LogP contribution is 2.11. The number of pyridine rings is 1. The van der Waals surface area contributed by atoms with E-state index in [1.54, 1.807) is 23.7 Å². The minimum absolute atomic E-state index is 0.261. The Kier molecular flexibility index (Phi) is 5.71. The smallest absolute Gasteiger partial charge is 0.222 e. The van der Waals surface area contributed by atoms with Crippen LogP contribution in [-0.4, -0.2) is 51.9 Å². The molecule has 3 rings (SSSR count). The summed E-state index contributed by atoms with van der Waals surface area (Å²) in [6.45, 7) is 4.54. The number of rotatable bonds is 5. The molecule has 0 atom stereocenters. The van der Waals surface area contributed by atoms with Crippen molar-refractivity contribution in [2.75, 3.05) is 26.2 Å². The number of hydrogen-bond donors (Lipinski definition) is 0. The molecule has 0 unspecified atom stereocenters. The summed E-state index contributed by atoms with van der Waals surface area (Å²) in [6.07, 6.45) is 5.96. The third-order valence-electron chi connectivity index (χ3n) is 4.19. The van der Waals surface area contributed by atoms with Crippen LogP contribution >= 0.6 is 11.3 Å². The van der Waals surface area contributed by atoms with Crippen molar-refractivity contribution in [3.8, 4) is 0 Å². The van der Waals surface area contributed by atoms with E-state index in [1.807, 2.05) is 22.5 Å². The Balaban J connectivity index is 1.46. The number of nitrogens with zero attached hydrogens (tertiary/aromatic N) is 4. The summed E-state index contributed by atoms with van der Waals surface area (Å²) in [4.78, 5) is 25.2. The van der Waals surface area contributed by atoms with E-state index in [2.05, 4.69) is 20.2 Å². The van der Waals surface area contributed by atoms with Crippen LogP contribution in [0.4, 0.5) is 0 Å². The quantitative estimate of drug-likeness (QED) is 0.843. The van der Waals surface area contributed by atoms with E-state index in [0.29, 0.717) is 6.42 Å². The maximum atomic E-state index is 12.4. The molecular formula is C17H22N4OS. The van der Waals surface area contributed by atoms with Gasteiger partial charge in [-0.25, -0.2) is 4.98 Å². The molecule has 0 aromatic carbocycles. The molecule has 0 spiro atoms. The second kappa shape index (κ2) is 8.17. The molecule has 1 fully saturated rings. The number of carbonyl (C=O) groups excluding carboxylic acids is 1. The molecule has 0 bridgehead atoms. The summed E-state index contributed by atoms with van der Waals surface area (Å²) < 4.78 is 0. The Labute approximate surface area is 141 Å². The predicted molar refractivity (Wildman–Crippen MR) is 91.1 cm³/mol. The van der Waals surface area contributed by atoms with E-state index in [1.165, 1.54) is 5.56 Å². The molecule has 6 heteroatoms. The van der Waals surface area contributed by atoms with Crippen LogP contribution in [0.2, 0.25) is 0 Å². The van der Waals surface area contributed by atoms with Gasteiger partial charge in [-0.15, -0.1) is 11.3 Å². The van der Waals surface area contributed by atoms with Crippen molar-refractivity contribution in [2.45, 2.75) is 25.8 Å². The van der Waals surface area contributed by atoms with Gasteiger partial charge in [0.05, 0.1) is 11.2 Å². The zero-order chi connectivity index (χ0) is 15.9. The largest absolute Gasteiger partial charge is 0.341 e. The summed E-state index contributed by atoms with van der Waals surface area (Å²) in [7, 11) is 0.